The zero-order valence-corrected chi connectivity index (χ0v) is 12.9. The van der Waals surface area contributed by atoms with Crippen LogP contribution in [0.3, 0.4) is 0 Å². The summed E-state index contributed by atoms with van der Waals surface area (Å²) < 4.78 is 45.0. The molecule has 8 heteroatoms. The SMILES string of the molecule is COC(=O)c1ccccc1NS(=O)(=O)c1cc(Cl)ccc1F. The maximum Gasteiger partial charge on any atom is 0.339 e. The van der Waals surface area contributed by atoms with E-state index in [2.05, 4.69) is 9.46 Å². The average Bonchev–Trinajstić information content (AvgIpc) is 2.49. The Hall–Kier alpha value is -2.12. The molecule has 0 unspecified atom stereocenters. The van der Waals surface area contributed by atoms with Gasteiger partial charge in [0.1, 0.15) is 10.7 Å². The van der Waals surface area contributed by atoms with Gasteiger partial charge in [-0.3, -0.25) is 4.72 Å². The van der Waals surface area contributed by atoms with Crippen LogP contribution >= 0.6 is 11.6 Å². The van der Waals surface area contributed by atoms with Crippen LogP contribution in [0.25, 0.3) is 0 Å². The van der Waals surface area contributed by atoms with Gasteiger partial charge < -0.3 is 4.74 Å². The Balaban J connectivity index is 2.46. The van der Waals surface area contributed by atoms with Crippen molar-refractivity contribution in [2.24, 2.45) is 0 Å². The molecule has 116 valence electrons. The molecule has 0 amide bonds. The van der Waals surface area contributed by atoms with Crippen molar-refractivity contribution in [3.05, 3.63) is 58.9 Å². The van der Waals surface area contributed by atoms with Gasteiger partial charge in [0, 0.05) is 5.02 Å². The van der Waals surface area contributed by atoms with Crippen LogP contribution < -0.4 is 4.72 Å². The van der Waals surface area contributed by atoms with Crippen LogP contribution in [-0.4, -0.2) is 21.5 Å². The number of nitrogens with one attached hydrogen (secondary N) is 1. The molecule has 2 aromatic rings. The summed E-state index contributed by atoms with van der Waals surface area (Å²) in [6, 6.07) is 8.99. The van der Waals surface area contributed by atoms with Gasteiger partial charge in [-0.15, -0.1) is 0 Å². The molecule has 0 spiro atoms. The number of carbonyl (C=O) groups is 1. The van der Waals surface area contributed by atoms with Crippen LogP contribution in [-0.2, 0) is 14.8 Å². The lowest BCUT2D eigenvalue weighted by molar-refractivity contribution is 0.0602. The van der Waals surface area contributed by atoms with Crippen LogP contribution in [0.1, 0.15) is 10.4 Å². The molecule has 1 N–H and O–H groups in total. The van der Waals surface area contributed by atoms with E-state index in [9.17, 15) is 17.6 Å². The van der Waals surface area contributed by atoms with Crippen molar-refractivity contribution in [3.63, 3.8) is 0 Å². The zero-order chi connectivity index (χ0) is 16.3. The second-order valence-corrected chi connectivity index (χ2v) is 6.30. The van der Waals surface area contributed by atoms with Crippen molar-refractivity contribution in [1.29, 1.82) is 0 Å². The monoisotopic (exact) mass is 343 g/mol. The Morgan fingerprint density at radius 2 is 1.91 bits per heavy atom. The summed E-state index contributed by atoms with van der Waals surface area (Å²) in [6.07, 6.45) is 0. The number of sulfonamides is 1. The number of ether oxygens (including phenoxy) is 1. The van der Waals surface area contributed by atoms with Gasteiger partial charge >= 0.3 is 5.97 Å². The third kappa shape index (κ3) is 3.37. The standard InChI is InChI=1S/C14H11ClFNO4S/c1-21-14(18)10-4-2-3-5-12(10)17-22(19,20)13-8-9(15)6-7-11(13)16/h2-8,17H,1H3. The molecule has 0 aromatic heterocycles. The molecule has 5 nitrogen and oxygen atoms in total. The zero-order valence-electron chi connectivity index (χ0n) is 11.3. The van der Waals surface area contributed by atoms with Gasteiger partial charge in [0.25, 0.3) is 10.0 Å². The maximum atomic E-state index is 13.7. The van der Waals surface area contributed by atoms with Crippen molar-refractivity contribution in [2.75, 3.05) is 11.8 Å². The Morgan fingerprint density at radius 1 is 1.23 bits per heavy atom. The van der Waals surface area contributed by atoms with Crippen LogP contribution in [0, 0.1) is 5.82 Å². The quantitative estimate of drug-likeness (QED) is 0.866. The van der Waals surface area contributed by atoms with Gasteiger partial charge in [-0.2, -0.15) is 0 Å². The fourth-order valence-electron chi connectivity index (χ4n) is 1.74. The summed E-state index contributed by atoms with van der Waals surface area (Å²) in [5.41, 5.74) is -0.00950. The highest BCUT2D eigenvalue weighted by molar-refractivity contribution is 7.92. The number of hydrogen-bond acceptors (Lipinski definition) is 4. The van der Waals surface area contributed by atoms with Gasteiger partial charge in [0.15, 0.2) is 0 Å². The predicted molar refractivity (Wildman–Crippen MR) is 80.0 cm³/mol. The second kappa shape index (κ2) is 6.33. The summed E-state index contributed by atoms with van der Waals surface area (Å²) in [5.74, 6) is -1.67. The van der Waals surface area contributed by atoms with E-state index in [0.29, 0.717) is 0 Å². The van der Waals surface area contributed by atoms with Crippen molar-refractivity contribution in [1.82, 2.24) is 0 Å². The molecular formula is C14H11ClFNO4S. The fraction of sp³-hybridized carbons (Fsp3) is 0.0714. The second-order valence-electron chi connectivity index (χ2n) is 4.22. The molecule has 0 fully saturated rings. The Kier molecular flexibility index (Phi) is 4.68. The molecule has 2 rings (SSSR count). The van der Waals surface area contributed by atoms with Gasteiger partial charge in [0.05, 0.1) is 18.4 Å². The molecule has 0 bridgehead atoms. The third-order valence-corrected chi connectivity index (χ3v) is 4.38. The van der Waals surface area contributed by atoms with Crippen LogP contribution in [0.4, 0.5) is 10.1 Å². The first-order valence-electron chi connectivity index (χ1n) is 6.00. The Labute approximate surface area is 131 Å². The van der Waals surface area contributed by atoms with Crippen LogP contribution in [0.5, 0.6) is 0 Å². The van der Waals surface area contributed by atoms with Crippen LogP contribution in [0.2, 0.25) is 5.02 Å². The minimum Gasteiger partial charge on any atom is -0.465 e. The lowest BCUT2D eigenvalue weighted by Gasteiger charge is -2.12. The molecule has 2 aromatic carbocycles. The van der Waals surface area contributed by atoms with Gasteiger partial charge in [-0.25, -0.2) is 17.6 Å². The van der Waals surface area contributed by atoms with E-state index in [0.717, 1.165) is 12.1 Å². The van der Waals surface area contributed by atoms with Crippen molar-refractivity contribution in [3.8, 4) is 0 Å². The van der Waals surface area contributed by atoms with E-state index in [1.54, 1.807) is 6.07 Å². The molecule has 0 heterocycles. The fourth-order valence-corrected chi connectivity index (χ4v) is 3.16. The van der Waals surface area contributed by atoms with Crippen molar-refractivity contribution < 1.29 is 22.3 Å². The Morgan fingerprint density at radius 3 is 2.59 bits per heavy atom. The predicted octanol–water partition coefficient (Wildman–Crippen LogP) is 3.07. The molecule has 0 saturated heterocycles. The highest BCUT2D eigenvalue weighted by Gasteiger charge is 2.22. The summed E-state index contributed by atoms with van der Waals surface area (Å²) >= 11 is 5.70. The number of halogens is 2. The first-order chi connectivity index (χ1) is 10.3. The van der Waals surface area contributed by atoms with E-state index >= 15 is 0 Å². The van der Waals surface area contributed by atoms with Gasteiger partial charge in [-0.1, -0.05) is 23.7 Å². The number of carbonyl (C=O) groups excluding carboxylic acids is 1. The lowest BCUT2D eigenvalue weighted by Crippen LogP contribution is -2.17. The first-order valence-corrected chi connectivity index (χ1v) is 7.86. The number of benzene rings is 2. The number of anilines is 1. The number of rotatable bonds is 4. The molecule has 0 saturated carbocycles. The van der Waals surface area contributed by atoms with E-state index in [1.807, 2.05) is 0 Å². The number of esters is 1. The highest BCUT2D eigenvalue weighted by Crippen LogP contribution is 2.24. The summed E-state index contributed by atoms with van der Waals surface area (Å²) in [5, 5.41) is 0.0722. The summed E-state index contributed by atoms with van der Waals surface area (Å²) in [7, 11) is -3.08. The van der Waals surface area contributed by atoms with Crippen molar-refractivity contribution in [2.45, 2.75) is 4.90 Å². The molecule has 0 atom stereocenters. The first kappa shape index (κ1) is 16.3. The molecular weight excluding hydrogens is 333 g/mol. The minimum absolute atomic E-state index is 0.0102. The summed E-state index contributed by atoms with van der Waals surface area (Å²) in [6.45, 7) is 0. The summed E-state index contributed by atoms with van der Waals surface area (Å²) in [4.78, 5) is 11.0. The smallest absolute Gasteiger partial charge is 0.339 e. The maximum absolute atomic E-state index is 13.7. The number of hydrogen-bond donors (Lipinski definition) is 1. The average molecular weight is 344 g/mol. The highest BCUT2D eigenvalue weighted by atomic mass is 35.5. The third-order valence-electron chi connectivity index (χ3n) is 2.76. The van der Waals surface area contributed by atoms with E-state index in [1.165, 1.54) is 31.4 Å². The van der Waals surface area contributed by atoms with E-state index < -0.39 is 26.7 Å². The molecule has 0 aliphatic heterocycles. The normalized spacial score (nSPS) is 11.0. The molecule has 0 radical (unpaired) electrons. The van der Waals surface area contributed by atoms with E-state index in [-0.39, 0.29) is 16.3 Å². The largest absolute Gasteiger partial charge is 0.465 e. The van der Waals surface area contributed by atoms with Crippen LogP contribution in [0.15, 0.2) is 47.4 Å². The Bertz CT molecular complexity index is 823. The minimum atomic E-state index is -4.25. The molecule has 22 heavy (non-hydrogen) atoms. The van der Waals surface area contributed by atoms with E-state index in [4.69, 9.17) is 11.6 Å². The van der Waals surface area contributed by atoms with Gasteiger partial charge in [0.2, 0.25) is 0 Å². The number of methoxy groups -OCH3 is 1. The molecule has 0 aliphatic rings. The van der Waals surface area contributed by atoms with Crippen molar-refractivity contribution >= 4 is 33.3 Å². The molecule has 0 aliphatic carbocycles. The topological polar surface area (TPSA) is 72.5 Å². The number of para-hydroxylation sites is 1. The lowest BCUT2D eigenvalue weighted by atomic mass is 10.2. The van der Waals surface area contributed by atoms with Gasteiger partial charge in [-0.05, 0) is 30.3 Å².